The van der Waals surface area contributed by atoms with Gasteiger partial charge in [0.05, 0.1) is 16.9 Å². The van der Waals surface area contributed by atoms with Crippen LogP contribution < -0.4 is 10.6 Å². The van der Waals surface area contributed by atoms with Crippen LogP contribution in [-0.4, -0.2) is 27.6 Å². The van der Waals surface area contributed by atoms with Crippen molar-refractivity contribution >= 4 is 22.5 Å². The number of unbranched alkanes of at least 4 members (excludes halogenated alkanes) is 1. The molecule has 0 spiro atoms. The minimum Gasteiger partial charge on any atom is -0.382 e. The summed E-state index contributed by atoms with van der Waals surface area (Å²) in [5, 5.41) is 0. The first-order chi connectivity index (χ1) is 9.79. The molecule has 0 saturated heterocycles. The van der Waals surface area contributed by atoms with E-state index in [2.05, 4.69) is 21.4 Å². The van der Waals surface area contributed by atoms with E-state index in [0.29, 0.717) is 5.82 Å². The van der Waals surface area contributed by atoms with Gasteiger partial charge in [-0.05, 0) is 19.3 Å². The molecule has 2 N–H and O–H groups in total. The average molecular weight is 271 g/mol. The molecule has 0 amide bonds. The van der Waals surface area contributed by atoms with Crippen LogP contribution in [-0.2, 0) is 19.4 Å². The van der Waals surface area contributed by atoms with Gasteiger partial charge in [-0.1, -0.05) is 13.3 Å². The second kappa shape index (κ2) is 4.36. The van der Waals surface area contributed by atoms with E-state index < -0.39 is 0 Å². The van der Waals surface area contributed by atoms with Crippen molar-refractivity contribution in [3.8, 4) is 0 Å². The van der Waals surface area contributed by atoms with Gasteiger partial charge in [-0.25, -0.2) is 9.97 Å². The molecule has 2 aromatic rings. The Morgan fingerprint density at radius 3 is 2.95 bits per heavy atom. The highest BCUT2D eigenvalue weighted by Gasteiger charge is 2.29. The lowest BCUT2D eigenvalue weighted by atomic mass is 10.0. The number of aryl methyl sites for hydroxylation is 2. The Bertz CT molecular complexity index is 673. The minimum absolute atomic E-state index is 0.610. The monoisotopic (exact) mass is 271 g/mol. The number of rotatable bonds is 3. The zero-order valence-corrected chi connectivity index (χ0v) is 12.0. The van der Waals surface area contributed by atoms with Crippen LogP contribution in [0.15, 0.2) is 0 Å². The van der Waals surface area contributed by atoms with E-state index in [4.69, 9.17) is 10.7 Å². The Morgan fingerprint density at radius 1 is 1.20 bits per heavy atom. The molecule has 2 aliphatic rings. The first kappa shape index (κ1) is 12.0. The van der Waals surface area contributed by atoms with Crippen LogP contribution >= 0.6 is 0 Å². The van der Waals surface area contributed by atoms with Gasteiger partial charge in [0.15, 0.2) is 5.82 Å². The molecule has 0 fully saturated rings. The van der Waals surface area contributed by atoms with Crippen LogP contribution in [0.5, 0.6) is 0 Å². The highest BCUT2D eigenvalue weighted by molar-refractivity contribution is 5.97. The van der Waals surface area contributed by atoms with E-state index in [1.165, 1.54) is 42.0 Å². The lowest BCUT2D eigenvalue weighted by Gasteiger charge is -2.35. The molecule has 0 aromatic carbocycles. The van der Waals surface area contributed by atoms with Gasteiger partial charge in [-0.3, -0.25) is 0 Å². The van der Waals surface area contributed by atoms with Gasteiger partial charge >= 0.3 is 0 Å². The number of nitrogens with two attached hydrogens (primary N) is 1. The molecule has 4 rings (SSSR count). The van der Waals surface area contributed by atoms with Crippen LogP contribution in [0.1, 0.15) is 37.7 Å². The largest absolute Gasteiger partial charge is 0.382 e. The molecule has 0 radical (unpaired) electrons. The van der Waals surface area contributed by atoms with E-state index >= 15 is 0 Å². The molecule has 0 bridgehead atoms. The molecule has 5 heteroatoms. The maximum Gasteiger partial charge on any atom is 0.152 e. The standard InChI is InChI=1S/C15H21N5/c1-2-3-6-11-18-12-14-13-10(17-15(12)16)5-4-7-19(13)8-9-20(11)14/h2-9H2,1H3,(H2,16,17). The van der Waals surface area contributed by atoms with Crippen LogP contribution in [0, 0.1) is 0 Å². The van der Waals surface area contributed by atoms with Gasteiger partial charge < -0.3 is 15.2 Å². The van der Waals surface area contributed by atoms with Crippen molar-refractivity contribution in [3.63, 3.8) is 0 Å². The summed E-state index contributed by atoms with van der Waals surface area (Å²) in [7, 11) is 0. The summed E-state index contributed by atoms with van der Waals surface area (Å²) >= 11 is 0. The van der Waals surface area contributed by atoms with Gasteiger partial charge in [0.25, 0.3) is 0 Å². The summed E-state index contributed by atoms with van der Waals surface area (Å²) in [6.07, 6.45) is 5.65. The predicted octanol–water partition coefficient (Wildman–Crippen LogP) is 2.12. The third-order valence-electron chi connectivity index (χ3n) is 4.55. The fourth-order valence-electron chi connectivity index (χ4n) is 3.57. The van der Waals surface area contributed by atoms with Gasteiger partial charge in [0.2, 0.25) is 0 Å². The zero-order chi connectivity index (χ0) is 13.7. The van der Waals surface area contributed by atoms with E-state index in [0.717, 1.165) is 38.0 Å². The molecule has 0 unspecified atom stereocenters. The third kappa shape index (κ3) is 1.55. The summed E-state index contributed by atoms with van der Waals surface area (Å²) in [6.45, 7) is 5.48. The molecule has 4 heterocycles. The molecule has 0 atom stereocenters. The van der Waals surface area contributed by atoms with Crippen molar-refractivity contribution in [1.29, 1.82) is 0 Å². The van der Waals surface area contributed by atoms with Crippen LogP contribution in [0.4, 0.5) is 11.5 Å². The first-order valence-electron chi connectivity index (χ1n) is 7.72. The molecule has 2 aromatic heterocycles. The summed E-state index contributed by atoms with van der Waals surface area (Å²) in [5.74, 6) is 1.80. The molecule has 0 saturated carbocycles. The van der Waals surface area contributed by atoms with E-state index in [9.17, 15) is 0 Å². The van der Waals surface area contributed by atoms with Crippen LogP contribution in [0.3, 0.4) is 0 Å². The second-order valence-corrected chi connectivity index (χ2v) is 5.86. The minimum atomic E-state index is 0.610. The quantitative estimate of drug-likeness (QED) is 0.929. The summed E-state index contributed by atoms with van der Waals surface area (Å²) in [4.78, 5) is 11.9. The number of nitrogens with zero attached hydrogens (tertiary/aromatic N) is 4. The topological polar surface area (TPSA) is 60.0 Å². The Balaban J connectivity index is 1.97. The maximum absolute atomic E-state index is 6.16. The number of anilines is 2. The number of aromatic nitrogens is 3. The van der Waals surface area contributed by atoms with Crippen LogP contribution in [0.2, 0.25) is 0 Å². The molecule has 20 heavy (non-hydrogen) atoms. The van der Waals surface area contributed by atoms with Crippen molar-refractivity contribution in [3.05, 3.63) is 11.5 Å². The number of hydrogen-bond donors (Lipinski definition) is 1. The van der Waals surface area contributed by atoms with Crippen molar-refractivity contribution in [1.82, 2.24) is 14.5 Å². The fourth-order valence-corrected chi connectivity index (χ4v) is 3.57. The van der Waals surface area contributed by atoms with E-state index in [-0.39, 0.29) is 0 Å². The SMILES string of the molecule is CCCCc1nc2c(N)nc3c4c2n1CCN4CCC3. The molecule has 5 nitrogen and oxygen atoms in total. The predicted molar refractivity (Wildman–Crippen MR) is 81.1 cm³/mol. The Hall–Kier alpha value is -1.78. The normalized spacial score (nSPS) is 16.9. The number of nitrogen functional groups attached to an aromatic ring is 1. The molecular weight excluding hydrogens is 250 g/mol. The fraction of sp³-hybridized carbons (Fsp3) is 0.600. The Labute approximate surface area is 118 Å². The number of hydrogen-bond acceptors (Lipinski definition) is 4. The Morgan fingerprint density at radius 2 is 2.10 bits per heavy atom. The van der Waals surface area contributed by atoms with Crippen LogP contribution in [0.25, 0.3) is 11.0 Å². The van der Waals surface area contributed by atoms with Crippen molar-refractivity contribution < 1.29 is 0 Å². The van der Waals surface area contributed by atoms with Gasteiger partial charge in [-0.15, -0.1) is 0 Å². The Kier molecular flexibility index (Phi) is 2.62. The van der Waals surface area contributed by atoms with Crippen molar-refractivity contribution in [2.75, 3.05) is 23.7 Å². The van der Waals surface area contributed by atoms with Crippen molar-refractivity contribution in [2.24, 2.45) is 0 Å². The average Bonchev–Trinajstić information content (AvgIpc) is 2.84. The van der Waals surface area contributed by atoms with Gasteiger partial charge in [-0.2, -0.15) is 0 Å². The number of pyridine rings is 1. The molecular formula is C15H21N5. The zero-order valence-electron chi connectivity index (χ0n) is 12.0. The maximum atomic E-state index is 6.16. The number of imidazole rings is 1. The highest BCUT2D eigenvalue weighted by Crippen LogP contribution is 2.39. The molecule has 106 valence electrons. The van der Waals surface area contributed by atoms with E-state index in [1.807, 2.05) is 0 Å². The molecule has 0 aliphatic carbocycles. The van der Waals surface area contributed by atoms with Gasteiger partial charge in [0.1, 0.15) is 11.3 Å². The lowest BCUT2D eigenvalue weighted by molar-refractivity contribution is 0.582. The summed E-state index contributed by atoms with van der Waals surface area (Å²) in [5.41, 5.74) is 10.8. The molecule has 2 aliphatic heterocycles. The van der Waals surface area contributed by atoms with E-state index in [1.54, 1.807) is 0 Å². The van der Waals surface area contributed by atoms with Gasteiger partial charge in [0, 0.05) is 26.1 Å². The summed E-state index contributed by atoms with van der Waals surface area (Å²) in [6, 6.07) is 0. The first-order valence-corrected chi connectivity index (χ1v) is 7.72. The third-order valence-corrected chi connectivity index (χ3v) is 4.55. The van der Waals surface area contributed by atoms with Crippen molar-refractivity contribution in [2.45, 2.75) is 45.6 Å². The second-order valence-electron chi connectivity index (χ2n) is 5.86. The lowest BCUT2D eigenvalue weighted by Crippen LogP contribution is -2.36. The summed E-state index contributed by atoms with van der Waals surface area (Å²) < 4.78 is 2.39. The highest BCUT2D eigenvalue weighted by atomic mass is 15.2. The smallest absolute Gasteiger partial charge is 0.152 e.